The van der Waals surface area contributed by atoms with Gasteiger partial charge in [-0.25, -0.2) is 4.98 Å². The number of imidazole rings is 1. The zero-order chi connectivity index (χ0) is 16.5. The lowest BCUT2D eigenvalue weighted by molar-refractivity contribution is 0.989. The molecule has 3 heteroatoms. The largest absolute Gasteiger partial charge is 0.291 e. The van der Waals surface area contributed by atoms with E-state index in [9.17, 15) is 0 Å². The summed E-state index contributed by atoms with van der Waals surface area (Å²) in [5.41, 5.74) is 5.64. The van der Waals surface area contributed by atoms with E-state index in [-0.39, 0.29) is 0 Å². The van der Waals surface area contributed by atoms with Crippen molar-refractivity contribution in [1.82, 2.24) is 9.38 Å². The molecule has 0 unspecified atom stereocenters. The van der Waals surface area contributed by atoms with Crippen LogP contribution in [0.25, 0.3) is 16.9 Å². The fourth-order valence-corrected chi connectivity index (χ4v) is 3.90. The van der Waals surface area contributed by atoms with Crippen molar-refractivity contribution in [2.45, 2.75) is 23.8 Å². The molecule has 118 valence electrons. The number of rotatable bonds is 3. The van der Waals surface area contributed by atoms with Crippen molar-refractivity contribution in [2.75, 3.05) is 0 Å². The minimum absolute atomic E-state index is 0.989. The predicted octanol–water partition coefficient (Wildman–Crippen LogP) is 5.77. The Balaban J connectivity index is 1.92. The van der Waals surface area contributed by atoms with Crippen molar-refractivity contribution in [3.63, 3.8) is 0 Å². The van der Waals surface area contributed by atoms with Gasteiger partial charge in [0.1, 0.15) is 16.4 Å². The second-order valence-electron chi connectivity index (χ2n) is 5.91. The van der Waals surface area contributed by atoms with E-state index in [4.69, 9.17) is 4.98 Å². The summed E-state index contributed by atoms with van der Waals surface area (Å²) in [6.45, 7) is 4.24. The Labute approximate surface area is 146 Å². The molecule has 24 heavy (non-hydrogen) atoms. The van der Waals surface area contributed by atoms with Crippen LogP contribution in [-0.4, -0.2) is 9.38 Å². The van der Waals surface area contributed by atoms with Crippen molar-refractivity contribution in [1.29, 1.82) is 0 Å². The first-order valence-corrected chi connectivity index (χ1v) is 8.82. The van der Waals surface area contributed by atoms with Gasteiger partial charge in [-0.3, -0.25) is 4.40 Å². The molecule has 2 nitrogen and oxygen atoms in total. The van der Waals surface area contributed by atoms with E-state index in [0.29, 0.717) is 0 Å². The molecule has 0 saturated heterocycles. The monoisotopic (exact) mass is 330 g/mol. The standard InChI is InChI=1S/C21H18N2S/c1-15-11-13-18(14-12-15)24-21-20(17-8-4-3-5-9-17)22-19-10-6-7-16(2)23(19)21/h3-14H,1-2H3. The van der Waals surface area contributed by atoms with E-state index in [0.717, 1.165) is 21.9 Å². The SMILES string of the molecule is Cc1ccc(Sc2c(-c3ccccc3)nc3cccc(C)n23)cc1. The van der Waals surface area contributed by atoms with Crippen molar-refractivity contribution < 1.29 is 0 Å². The molecule has 0 N–H and O–H groups in total. The van der Waals surface area contributed by atoms with Crippen LogP contribution in [0, 0.1) is 13.8 Å². The van der Waals surface area contributed by atoms with Gasteiger partial charge in [0.15, 0.2) is 0 Å². The molecule has 4 rings (SSSR count). The topological polar surface area (TPSA) is 17.3 Å². The molecule has 0 spiro atoms. The molecule has 2 aromatic carbocycles. The highest BCUT2D eigenvalue weighted by Crippen LogP contribution is 2.37. The zero-order valence-electron chi connectivity index (χ0n) is 13.7. The summed E-state index contributed by atoms with van der Waals surface area (Å²) in [4.78, 5) is 6.12. The van der Waals surface area contributed by atoms with Gasteiger partial charge < -0.3 is 0 Å². The minimum Gasteiger partial charge on any atom is -0.291 e. The molecule has 4 aromatic rings. The number of hydrogen-bond donors (Lipinski definition) is 0. The molecule has 0 fully saturated rings. The summed E-state index contributed by atoms with van der Waals surface area (Å²) in [5, 5.41) is 1.16. The van der Waals surface area contributed by atoms with E-state index >= 15 is 0 Å². The Morgan fingerprint density at radius 1 is 0.792 bits per heavy atom. The minimum atomic E-state index is 0.989. The number of aromatic nitrogens is 2. The maximum Gasteiger partial charge on any atom is 0.138 e. The van der Waals surface area contributed by atoms with Crippen molar-refractivity contribution in [3.05, 3.63) is 84.1 Å². The number of pyridine rings is 1. The third-order valence-electron chi connectivity index (χ3n) is 4.08. The van der Waals surface area contributed by atoms with E-state index in [2.05, 4.69) is 85.0 Å². The molecule has 2 heterocycles. The predicted molar refractivity (Wildman–Crippen MR) is 101 cm³/mol. The van der Waals surface area contributed by atoms with E-state index < -0.39 is 0 Å². The zero-order valence-corrected chi connectivity index (χ0v) is 14.5. The van der Waals surface area contributed by atoms with Crippen molar-refractivity contribution in [3.8, 4) is 11.3 Å². The summed E-state index contributed by atoms with van der Waals surface area (Å²) >= 11 is 1.77. The molecule has 0 atom stereocenters. The molecular weight excluding hydrogens is 312 g/mol. The molecule has 0 aliphatic heterocycles. The van der Waals surface area contributed by atoms with Crippen LogP contribution >= 0.6 is 11.8 Å². The number of benzene rings is 2. The van der Waals surface area contributed by atoms with Crippen LogP contribution in [-0.2, 0) is 0 Å². The van der Waals surface area contributed by atoms with Crippen LogP contribution in [0.4, 0.5) is 0 Å². The van der Waals surface area contributed by atoms with Gasteiger partial charge in [0.25, 0.3) is 0 Å². The van der Waals surface area contributed by atoms with Gasteiger partial charge in [-0.2, -0.15) is 0 Å². The molecule has 0 saturated carbocycles. The third-order valence-corrected chi connectivity index (χ3v) is 5.16. The van der Waals surface area contributed by atoms with Crippen LogP contribution in [0.2, 0.25) is 0 Å². The first kappa shape index (κ1) is 15.0. The molecule has 0 aliphatic carbocycles. The van der Waals surface area contributed by atoms with Crippen molar-refractivity contribution >= 4 is 17.4 Å². The molecule has 0 amide bonds. The quantitative estimate of drug-likeness (QED) is 0.474. The number of nitrogens with zero attached hydrogens (tertiary/aromatic N) is 2. The molecular formula is C21H18N2S. The van der Waals surface area contributed by atoms with Crippen LogP contribution in [0.1, 0.15) is 11.3 Å². The van der Waals surface area contributed by atoms with Gasteiger partial charge in [0.2, 0.25) is 0 Å². The van der Waals surface area contributed by atoms with Gasteiger partial charge in [-0.05, 0) is 38.1 Å². The summed E-state index contributed by atoms with van der Waals surface area (Å²) in [7, 11) is 0. The van der Waals surface area contributed by atoms with Gasteiger partial charge >= 0.3 is 0 Å². The molecule has 2 aromatic heterocycles. The summed E-state index contributed by atoms with van der Waals surface area (Å²) in [6, 6.07) is 25.3. The lowest BCUT2D eigenvalue weighted by Gasteiger charge is -2.08. The van der Waals surface area contributed by atoms with Gasteiger partial charge in [0, 0.05) is 16.2 Å². The maximum atomic E-state index is 4.90. The van der Waals surface area contributed by atoms with Gasteiger partial charge in [-0.1, -0.05) is 65.9 Å². The Kier molecular flexibility index (Phi) is 3.87. The highest BCUT2D eigenvalue weighted by atomic mass is 32.2. The second kappa shape index (κ2) is 6.17. The number of hydrogen-bond acceptors (Lipinski definition) is 2. The highest BCUT2D eigenvalue weighted by Gasteiger charge is 2.16. The number of fused-ring (bicyclic) bond motifs is 1. The Morgan fingerprint density at radius 2 is 1.54 bits per heavy atom. The third kappa shape index (κ3) is 2.72. The maximum absolute atomic E-state index is 4.90. The van der Waals surface area contributed by atoms with E-state index in [1.807, 2.05) is 6.07 Å². The first-order chi connectivity index (χ1) is 11.7. The smallest absolute Gasteiger partial charge is 0.138 e. The molecule has 0 bridgehead atoms. The lowest BCUT2D eigenvalue weighted by Crippen LogP contribution is -1.92. The van der Waals surface area contributed by atoms with Crippen LogP contribution in [0.5, 0.6) is 0 Å². The second-order valence-corrected chi connectivity index (χ2v) is 6.97. The fraction of sp³-hybridized carbons (Fsp3) is 0.0952. The Bertz CT molecular complexity index is 986. The Hall–Kier alpha value is -2.52. The first-order valence-electron chi connectivity index (χ1n) is 8.00. The molecule has 0 radical (unpaired) electrons. The van der Waals surface area contributed by atoms with E-state index in [1.54, 1.807) is 11.8 Å². The lowest BCUT2D eigenvalue weighted by atomic mass is 10.2. The average Bonchev–Trinajstić information content (AvgIpc) is 2.98. The van der Waals surface area contributed by atoms with E-state index in [1.165, 1.54) is 16.2 Å². The van der Waals surface area contributed by atoms with Crippen LogP contribution < -0.4 is 0 Å². The van der Waals surface area contributed by atoms with Gasteiger partial charge in [-0.15, -0.1) is 0 Å². The fourth-order valence-electron chi connectivity index (χ4n) is 2.82. The summed E-state index contributed by atoms with van der Waals surface area (Å²) < 4.78 is 2.24. The summed E-state index contributed by atoms with van der Waals surface area (Å²) in [6.07, 6.45) is 0. The number of aryl methyl sites for hydroxylation is 2. The van der Waals surface area contributed by atoms with Crippen molar-refractivity contribution in [2.24, 2.45) is 0 Å². The average molecular weight is 330 g/mol. The molecule has 0 aliphatic rings. The van der Waals surface area contributed by atoms with Gasteiger partial charge in [0.05, 0.1) is 0 Å². The highest BCUT2D eigenvalue weighted by molar-refractivity contribution is 7.99. The van der Waals surface area contributed by atoms with Crippen LogP contribution in [0.3, 0.4) is 0 Å². The summed E-state index contributed by atoms with van der Waals surface area (Å²) in [5.74, 6) is 0. The Morgan fingerprint density at radius 3 is 2.29 bits per heavy atom. The van der Waals surface area contributed by atoms with Crippen LogP contribution in [0.15, 0.2) is 82.7 Å². The normalized spacial score (nSPS) is 11.1.